The number of para-hydroxylation sites is 1. The maximum atomic E-state index is 12.7. The van der Waals surface area contributed by atoms with Crippen LogP contribution in [0.15, 0.2) is 66.7 Å². The lowest BCUT2D eigenvalue weighted by Crippen LogP contribution is -2.32. The van der Waals surface area contributed by atoms with E-state index in [0.717, 1.165) is 22.4 Å². The normalized spacial score (nSPS) is 14.8. The van der Waals surface area contributed by atoms with Crippen molar-refractivity contribution in [3.8, 4) is 11.5 Å². The number of carbonyl (C=O) groups is 3. The molecule has 0 spiro atoms. The highest BCUT2D eigenvalue weighted by Gasteiger charge is 2.35. The van der Waals surface area contributed by atoms with Crippen molar-refractivity contribution < 1.29 is 23.9 Å². The van der Waals surface area contributed by atoms with Crippen LogP contribution in [0.3, 0.4) is 0 Å². The fraction of sp³-hybridized carbons (Fsp3) is 0.276. The van der Waals surface area contributed by atoms with Crippen molar-refractivity contribution in [3.05, 3.63) is 83.4 Å². The van der Waals surface area contributed by atoms with E-state index in [1.54, 1.807) is 36.3 Å². The second-order valence-electron chi connectivity index (χ2n) is 9.01. The average Bonchev–Trinajstić information content (AvgIpc) is 3.30. The van der Waals surface area contributed by atoms with Crippen molar-refractivity contribution in [2.75, 3.05) is 30.5 Å². The van der Waals surface area contributed by atoms with Crippen LogP contribution in [0.1, 0.15) is 23.1 Å². The SMILES string of the molecule is COc1ccccc1CNC(=O)[C@H]1CC(=O)N(c2ccc(OCC(=O)Nc3cccc(C)c3C)cc2)C1. The molecule has 1 fully saturated rings. The largest absolute Gasteiger partial charge is 0.496 e. The highest BCUT2D eigenvalue weighted by Crippen LogP contribution is 2.27. The van der Waals surface area contributed by atoms with Crippen molar-refractivity contribution in [1.29, 1.82) is 0 Å². The molecule has 3 aromatic carbocycles. The number of benzene rings is 3. The quantitative estimate of drug-likeness (QED) is 0.462. The van der Waals surface area contributed by atoms with Crippen molar-refractivity contribution in [2.45, 2.75) is 26.8 Å². The van der Waals surface area contributed by atoms with Crippen molar-refractivity contribution >= 4 is 29.1 Å². The molecule has 0 aromatic heterocycles. The fourth-order valence-electron chi connectivity index (χ4n) is 4.25. The van der Waals surface area contributed by atoms with E-state index in [-0.39, 0.29) is 30.7 Å². The summed E-state index contributed by atoms with van der Waals surface area (Å²) in [5.74, 6) is 0.242. The van der Waals surface area contributed by atoms with E-state index < -0.39 is 5.92 Å². The molecule has 8 nitrogen and oxygen atoms in total. The number of amides is 3. The molecule has 1 heterocycles. The van der Waals surface area contributed by atoms with Crippen LogP contribution in [0.4, 0.5) is 11.4 Å². The maximum absolute atomic E-state index is 12.7. The van der Waals surface area contributed by atoms with Crippen LogP contribution in [0.2, 0.25) is 0 Å². The van der Waals surface area contributed by atoms with Crippen LogP contribution in [0.25, 0.3) is 0 Å². The second-order valence-corrected chi connectivity index (χ2v) is 9.01. The molecule has 2 N–H and O–H groups in total. The highest BCUT2D eigenvalue weighted by atomic mass is 16.5. The molecule has 192 valence electrons. The Morgan fingerprint density at radius 2 is 1.76 bits per heavy atom. The van der Waals surface area contributed by atoms with Crippen LogP contribution in [-0.2, 0) is 20.9 Å². The number of anilines is 2. The van der Waals surface area contributed by atoms with Gasteiger partial charge in [0.05, 0.1) is 13.0 Å². The first-order chi connectivity index (χ1) is 17.9. The third kappa shape index (κ3) is 6.27. The van der Waals surface area contributed by atoms with Crippen LogP contribution in [0, 0.1) is 19.8 Å². The summed E-state index contributed by atoms with van der Waals surface area (Å²) < 4.78 is 10.9. The van der Waals surface area contributed by atoms with Gasteiger partial charge in [0.15, 0.2) is 6.61 Å². The number of hydrogen-bond acceptors (Lipinski definition) is 5. The third-order valence-electron chi connectivity index (χ3n) is 6.54. The van der Waals surface area contributed by atoms with E-state index in [2.05, 4.69) is 10.6 Å². The summed E-state index contributed by atoms with van der Waals surface area (Å²) in [6, 6.07) is 20.2. The maximum Gasteiger partial charge on any atom is 0.262 e. The molecule has 3 aromatic rings. The Morgan fingerprint density at radius 1 is 1.00 bits per heavy atom. The molecule has 1 aliphatic heterocycles. The number of methoxy groups -OCH3 is 1. The lowest BCUT2D eigenvalue weighted by atomic mass is 10.1. The molecule has 3 amide bonds. The highest BCUT2D eigenvalue weighted by molar-refractivity contribution is 6.00. The van der Waals surface area contributed by atoms with Crippen LogP contribution >= 0.6 is 0 Å². The second kappa shape index (κ2) is 11.6. The minimum Gasteiger partial charge on any atom is -0.496 e. The van der Waals surface area contributed by atoms with E-state index in [4.69, 9.17) is 9.47 Å². The summed E-state index contributed by atoms with van der Waals surface area (Å²) in [7, 11) is 1.59. The Bertz CT molecular complexity index is 1290. The van der Waals surface area contributed by atoms with Crippen molar-refractivity contribution in [1.82, 2.24) is 5.32 Å². The summed E-state index contributed by atoms with van der Waals surface area (Å²) >= 11 is 0. The van der Waals surface area contributed by atoms with E-state index in [0.29, 0.717) is 30.3 Å². The number of aryl methyl sites for hydroxylation is 1. The Kier molecular flexibility index (Phi) is 8.08. The zero-order chi connectivity index (χ0) is 26.4. The molecule has 4 rings (SSSR count). The van der Waals surface area contributed by atoms with Crippen LogP contribution in [0.5, 0.6) is 11.5 Å². The first kappa shape index (κ1) is 25.8. The topological polar surface area (TPSA) is 97.0 Å². The fourth-order valence-corrected chi connectivity index (χ4v) is 4.25. The van der Waals surface area contributed by atoms with Gasteiger partial charge in [-0.15, -0.1) is 0 Å². The average molecular weight is 502 g/mol. The molecule has 0 bridgehead atoms. The van der Waals surface area contributed by atoms with E-state index in [1.807, 2.05) is 56.3 Å². The van der Waals surface area contributed by atoms with Gasteiger partial charge in [0.25, 0.3) is 5.91 Å². The Balaban J connectivity index is 1.28. The zero-order valence-corrected chi connectivity index (χ0v) is 21.2. The van der Waals surface area contributed by atoms with Gasteiger partial charge in [-0.1, -0.05) is 30.3 Å². The van der Waals surface area contributed by atoms with Gasteiger partial charge in [-0.2, -0.15) is 0 Å². The predicted octanol–water partition coefficient (Wildman–Crippen LogP) is 4.00. The van der Waals surface area contributed by atoms with Gasteiger partial charge in [-0.3, -0.25) is 14.4 Å². The van der Waals surface area contributed by atoms with Crippen molar-refractivity contribution in [3.63, 3.8) is 0 Å². The summed E-state index contributed by atoms with van der Waals surface area (Å²) in [5, 5.41) is 5.78. The molecular formula is C29H31N3O5. The van der Waals surface area contributed by atoms with Gasteiger partial charge in [0.2, 0.25) is 11.8 Å². The molecular weight excluding hydrogens is 470 g/mol. The molecule has 8 heteroatoms. The van der Waals surface area contributed by atoms with Crippen LogP contribution in [-0.4, -0.2) is 38.0 Å². The number of carbonyl (C=O) groups excluding carboxylic acids is 3. The van der Waals surface area contributed by atoms with E-state index in [1.165, 1.54) is 0 Å². The molecule has 1 aliphatic rings. The summed E-state index contributed by atoms with van der Waals surface area (Å²) in [6.45, 7) is 4.44. The summed E-state index contributed by atoms with van der Waals surface area (Å²) in [6.07, 6.45) is 0.147. The standard InChI is InChI=1S/C29H31N3O5/c1-19-7-6-9-25(20(19)2)31-27(33)18-37-24-13-11-23(12-14-24)32-17-22(15-28(32)34)29(35)30-16-21-8-4-5-10-26(21)36-3/h4-14,22H,15-18H2,1-3H3,(H,30,35)(H,31,33)/t22-/m0/s1. The Morgan fingerprint density at radius 3 is 2.51 bits per heavy atom. The number of hydrogen-bond donors (Lipinski definition) is 2. The predicted molar refractivity (Wildman–Crippen MR) is 142 cm³/mol. The van der Waals surface area contributed by atoms with Crippen LogP contribution < -0.4 is 25.0 Å². The number of rotatable bonds is 9. The zero-order valence-electron chi connectivity index (χ0n) is 21.2. The van der Waals surface area contributed by atoms with Gasteiger partial charge in [0, 0.05) is 36.4 Å². The van der Waals surface area contributed by atoms with Gasteiger partial charge in [-0.05, 0) is 61.4 Å². The molecule has 37 heavy (non-hydrogen) atoms. The monoisotopic (exact) mass is 501 g/mol. The molecule has 1 saturated heterocycles. The first-order valence-electron chi connectivity index (χ1n) is 12.1. The lowest BCUT2D eigenvalue weighted by Gasteiger charge is -2.17. The molecule has 0 saturated carbocycles. The summed E-state index contributed by atoms with van der Waals surface area (Å²) in [4.78, 5) is 39.3. The Hall–Kier alpha value is -4.33. The van der Waals surface area contributed by atoms with Gasteiger partial charge >= 0.3 is 0 Å². The van der Waals surface area contributed by atoms with Gasteiger partial charge in [-0.25, -0.2) is 0 Å². The van der Waals surface area contributed by atoms with Gasteiger partial charge < -0.3 is 25.0 Å². The number of nitrogens with one attached hydrogen (secondary N) is 2. The number of ether oxygens (including phenoxy) is 2. The van der Waals surface area contributed by atoms with E-state index >= 15 is 0 Å². The molecule has 1 atom stereocenters. The lowest BCUT2D eigenvalue weighted by molar-refractivity contribution is -0.126. The number of nitrogens with zero attached hydrogens (tertiary/aromatic N) is 1. The molecule has 0 unspecified atom stereocenters. The minimum atomic E-state index is -0.438. The first-order valence-corrected chi connectivity index (χ1v) is 12.1. The Labute approximate surface area is 216 Å². The third-order valence-corrected chi connectivity index (χ3v) is 6.54. The van der Waals surface area contributed by atoms with E-state index in [9.17, 15) is 14.4 Å². The molecule has 0 aliphatic carbocycles. The molecule has 0 radical (unpaired) electrons. The van der Waals surface area contributed by atoms with Gasteiger partial charge in [0.1, 0.15) is 11.5 Å². The summed E-state index contributed by atoms with van der Waals surface area (Å²) in [5.41, 5.74) is 4.43. The smallest absolute Gasteiger partial charge is 0.262 e. The minimum absolute atomic E-state index is 0.112. The van der Waals surface area contributed by atoms with Crippen molar-refractivity contribution in [2.24, 2.45) is 5.92 Å².